The number of rotatable bonds is 10. The highest BCUT2D eigenvalue weighted by molar-refractivity contribution is 5.98. The van der Waals surface area contributed by atoms with E-state index in [4.69, 9.17) is 9.47 Å². The van der Waals surface area contributed by atoms with E-state index in [1.165, 1.54) is 5.57 Å². The van der Waals surface area contributed by atoms with Crippen molar-refractivity contribution in [3.8, 4) is 11.5 Å². The molecule has 0 aliphatic heterocycles. The zero-order valence-electron chi connectivity index (χ0n) is 22.9. The maximum atomic E-state index is 6.35. The molecule has 0 aliphatic rings. The number of hydrogen-bond acceptors (Lipinski definition) is 6. The third-order valence-corrected chi connectivity index (χ3v) is 6.08. The van der Waals surface area contributed by atoms with E-state index in [9.17, 15) is 0 Å². The topological polar surface area (TPSA) is 58.6 Å². The minimum atomic E-state index is 0.0428. The first-order valence-electron chi connectivity index (χ1n) is 12.3. The van der Waals surface area contributed by atoms with Gasteiger partial charge in [-0.2, -0.15) is 0 Å². The smallest absolute Gasteiger partial charge is 0.135 e. The predicted octanol–water partition coefficient (Wildman–Crippen LogP) is 6.57. The minimum Gasteiger partial charge on any atom is -0.498 e. The van der Waals surface area contributed by atoms with Crippen molar-refractivity contribution in [2.75, 3.05) is 40.1 Å². The monoisotopic (exact) mass is 488 g/mol. The number of benzene rings is 2. The second-order valence-electron chi connectivity index (χ2n) is 10.3. The van der Waals surface area contributed by atoms with E-state index in [1.54, 1.807) is 13.3 Å². The summed E-state index contributed by atoms with van der Waals surface area (Å²) >= 11 is 0. The quantitative estimate of drug-likeness (QED) is 0.249. The summed E-state index contributed by atoms with van der Waals surface area (Å²) in [6.45, 7) is 10.2. The summed E-state index contributed by atoms with van der Waals surface area (Å²) in [7, 11) is 7.69. The van der Waals surface area contributed by atoms with Gasteiger partial charge in [0.05, 0.1) is 25.0 Å². The van der Waals surface area contributed by atoms with Crippen molar-refractivity contribution < 1.29 is 9.47 Å². The molecule has 0 unspecified atom stereocenters. The minimum absolute atomic E-state index is 0.0428. The van der Waals surface area contributed by atoms with E-state index in [2.05, 4.69) is 72.5 Å². The van der Waals surface area contributed by atoms with E-state index < -0.39 is 0 Å². The van der Waals surface area contributed by atoms with Gasteiger partial charge in [-0.1, -0.05) is 50.6 Å². The lowest BCUT2D eigenvalue weighted by molar-refractivity contribution is 0.278. The lowest BCUT2D eigenvalue weighted by atomic mass is 9.87. The zero-order chi connectivity index (χ0) is 26.3. The maximum absolute atomic E-state index is 6.35. The van der Waals surface area contributed by atoms with Crippen LogP contribution in [0.3, 0.4) is 0 Å². The molecule has 3 aromatic rings. The normalized spacial score (nSPS) is 13.1. The van der Waals surface area contributed by atoms with Gasteiger partial charge in [0, 0.05) is 35.3 Å². The van der Waals surface area contributed by atoms with Crippen molar-refractivity contribution in [3.63, 3.8) is 0 Å². The molecule has 1 heterocycles. The molecule has 0 bridgehead atoms. The molecule has 2 N–H and O–H groups in total. The second-order valence-corrected chi connectivity index (χ2v) is 10.3. The largest absolute Gasteiger partial charge is 0.498 e. The van der Waals surface area contributed by atoms with Gasteiger partial charge in [-0.05, 0) is 57.8 Å². The number of aromatic nitrogens is 1. The molecule has 0 radical (unpaired) electrons. The third-order valence-electron chi connectivity index (χ3n) is 6.08. The van der Waals surface area contributed by atoms with Crippen molar-refractivity contribution in [2.24, 2.45) is 5.41 Å². The molecule has 0 fully saturated rings. The van der Waals surface area contributed by atoms with Crippen LogP contribution in [0.2, 0.25) is 0 Å². The molecule has 0 saturated heterocycles. The Labute approximate surface area is 216 Å². The van der Waals surface area contributed by atoms with Crippen molar-refractivity contribution in [1.29, 1.82) is 0 Å². The van der Waals surface area contributed by atoms with Crippen LogP contribution in [0.4, 0.5) is 5.69 Å². The molecular weight excluding hydrogens is 448 g/mol. The molecule has 36 heavy (non-hydrogen) atoms. The molecule has 192 valence electrons. The zero-order valence-corrected chi connectivity index (χ0v) is 22.9. The van der Waals surface area contributed by atoms with Crippen LogP contribution in [0.5, 0.6) is 11.5 Å². The Morgan fingerprint density at radius 1 is 1.06 bits per heavy atom. The van der Waals surface area contributed by atoms with Crippen molar-refractivity contribution in [1.82, 2.24) is 15.2 Å². The number of fused-ring (bicyclic) bond motifs is 1. The van der Waals surface area contributed by atoms with Crippen LogP contribution >= 0.6 is 0 Å². The highest BCUT2D eigenvalue weighted by atomic mass is 16.5. The fraction of sp³-hybridized carbons (Fsp3) is 0.367. The van der Waals surface area contributed by atoms with Crippen LogP contribution in [0.25, 0.3) is 10.8 Å². The molecule has 0 aliphatic carbocycles. The van der Waals surface area contributed by atoms with Crippen LogP contribution in [-0.2, 0) is 11.3 Å². The molecule has 1 aromatic heterocycles. The first kappa shape index (κ1) is 27.2. The number of pyridine rings is 1. The van der Waals surface area contributed by atoms with E-state index in [0.29, 0.717) is 6.54 Å². The number of allylic oxidation sites excluding steroid dienone is 2. The summed E-state index contributed by atoms with van der Waals surface area (Å²) in [5.41, 5.74) is 4.18. The lowest BCUT2D eigenvalue weighted by Crippen LogP contribution is -2.17. The number of anilines is 1. The van der Waals surface area contributed by atoms with Crippen molar-refractivity contribution in [3.05, 3.63) is 83.5 Å². The SMILES string of the molecule is CNC/C(OC)=C(\C=C(/C)C(C)(C)C)Nc1ccc(Oc2ccnc(CN(C)C)c2)c2ccccc12. The number of nitrogens with one attached hydrogen (secondary N) is 2. The molecule has 0 atom stereocenters. The Kier molecular flexibility index (Phi) is 9.13. The van der Waals surface area contributed by atoms with E-state index in [1.807, 2.05) is 51.5 Å². The fourth-order valence-electron chi connectivity index (χ4n) is 3.73. The summed E-state index contributed by atoms with van der Waals surface area (Å²) in [5, 5.41) is 8.95. The van der Waals surface area contributed by atoms with Crippen LogP contribution < -0.4 is 15.4 Å². The Morgan fingerprint density at radius 2 is 1.78 bits per heavy atom. The Morgan fingerprint density at radius 3 is 2.42 bits per heavy atom. The number of methoxy groups -OCH3 is 1. The Hall–Kier alpha value is -3.35. The van der Waals surface area contributed by atoms with E-state index >= 15 is 0 Å². The number of hydrogen-bond donors (Lipinski definition) is 2. The number of ether oxygens (including phenoxy) is 2. The highest BCUT2D eigenvalue weighted by Crippen LogP contribution is 2.36. The van der Waals surface area contributed by atoms with E-state index in [0.717, 1.165) is 51.7 Å². The van der Waals surface area contributed by atoms with Crippen molar-refractivity contribution in [2.45, 2.75) is 34.2 Å². The van der Waals surface area contributed by atoms with Crippen LogP contribution in [-0.4, -0.2) is 44.7 Å². The summed E-state index contributed by atoms with van der Waals surface area (Å²) in [6, 6.07) is 16.2. The molecule has 3 rings (SSSR count). The molecule has 0 saturated carbocycles. The van der Waals surface area contributed by atoms with Crippen LogP contribution in [0.15, 0.2) is 77.8 Å². The molecule has 0 amide bonds. The summed E-state index contributed by atoms with van der Waals surface area (Å²) in [6.07, 6.45) is 3.97. The van der Waals surface area contributed by atoms with Gasteiger partial charge in [-0.15, -0.1) is 0 Å². The van der Waals surface area contributed by atoms with Gasteiger partial charge in [0.1, 0.15) is 17.3 Å². The van der Waals surface area contributed by atoms with Crippen LogP contribution in [0.1, 0.15) is 33.4 Å². The maximum Gasteiger partial charge on any atom is 0.135 e. The molecule has 2 aromatic carbocycles. The van der Waals surface area contributed by atoms with Gasteiger partial charge >= 0.3 is 0 Å². The average molecular weight is 489 g/mol. The summed E-state index contributed by atoms with van der Waals surface area (Å²) in [4.78, 5) is 6.54. The molecular formula is C30H40N4O2. The van der Waals surface area contributed by atoms with Gasteiger partial charge in [0.15, 0.2) is 0 Å². The number of likely N-dealkylation sites (N-methyl/N-ethyl adjacent to an activating group) is 1. The second kappa shape index (κ2) is 12.1. The van der Waals surface area contributed by atoms with Gasteiger partial charge in [-0.3, -0.25) is 4.98 Å². The standard InChI is InChI=1S/C30H40N4O2/c1-21(30(2,3)4)17-27(29(35-8)19-31-5)33-26-13-14-28(25-12-10-9-11-24(25)26)36-23-15-16-32-22(18-23)20-34(6)7/h9-18,31,33H,19-20H2,1-8H3/b21-17+,29-27-. The van der Waals surface area contributed by atoms with Gasteiger partial charge in [0.2, 0.25) is 0 Å². The third kappa shape index (κ3) is 7.09. The highest BCUT2D eigenvalue weighted by Gasteiger charge is 2.16. The molecule has 6 heteroatoms. The fourth-order valence-corrected chi connectivity index (χ4v) is 3.73. The van der Waals surface area contributed by atoms with Gasteiger partial charge in [-0.25, -0.2) is 0 Å². The van der Waals surface area contributed by atoms with Crippen molar-refractivity contribution >= 4 is 16.5 Å². The average Bonchev–Trinajstić information content (AvgIpc) is 2.82. The predicted molar refractivity (Wildman–Crippen MR) is 150 cm³/mol. The Bertz CT molecular complexity index is 1240. The summed E-state index contributed by atoms with van der Waals surface area (Å²) < 4.78 is 12.1. The lowest BCUT2D eigenvalue weighted by Gasteiger charge is -2.22. The van der Waals surface area contributed by atoms with Gasteiger partial charge < -0.3 is 25.0 Å². The number of nitrogens with zero attached hydrogens (tertiary/aromatic N) is 2. The van der Waals surface area contributed by atoms with Gasteiger partial charge in [0.25, 0.3) is 0 Å². The molecule has 0 spiro atoms. The molecule has 6 nitrogen and oxygen atoms in total. The Balaban J connectivity index is 2.02. The first-order valence-corrected chi connectivity index (χ1v) is 12.3. The van der Waals surface area contributed by atoms with E-state index in [-0.39, 0.29) is 5.41 Å². The van der Waals surface area contributed by atoms with Crippen LogP contribution in [0, 0.1) is 5.41 Å². The first-order chi connectivity index (χ1) is 17.1. The summed E-state index contributed by atoms with van der Waals surface area (Å²) in [5.74, 6) is 2.41.